The van der Waals surface area contributed by atoms with Crippen LogP contribution in [0.3, 0.4) is 0 Å². The first kappa shape index (κ1) is 59.0. The third-order valence-corrected chi connectivity index (χ3v) is 12.2. The zero-order valence-electron chi connectivity index (χ0n) is 46.2. The Hall–Kier alpha value is -10.6. The van der Waals surface area contributed by atoms with Crippen molar-refractivity contribution in [1.29, 1.82) is 0 Å². The van der Waals surface area contributed by atoms with Crippen LogP contribution in [0.4, 0.5) is 34.5 Å². The predicted octanol–water partition coefficient (Wildman–Crippen LogP) is 1.20. The zero-order chi connectivity index (χ0) is 59.4. The number of nitrogens with one attached hydrogen (secondary N) is 10. The van der Waals surface area contributed by atoms with E-state index in [1.165, 1.54) is 76.6 Å². The molecule has 0 aromatic carbocycles. The highest BCUT2D eigenvalue weighted by Crippen LogP contribution is 2.19. The summed E-state index contributed by atoms with van der Waals surface area (Å²) in [5.41, 5.74) is 1.66. The molecule has 432 valence electrons. The molecule has 0 aliphatic carbocycles. The summed E-state index contributed by atoms with van der Waals surface area (Å²) in [6.07, 6.45) is 12.9. The highest BCUT2D eigenvalue weighted by atomic mass is 16.2. The van der Waals surface area contributed by atoms with E-state index >= 15 is 0 Å². The van der Waals surface area contributed by atoms with Crippen LogP contribution >= 0.6 is 0 Å². The molecule has 7 heterocycles. The summed E-state index contributed by atoms with van der Waals surface area (Å²) in [4.78, 5) is 145. The Bertz CT molecular complexity index is 3580. The molecule has 7 aromatic rings. The number of carbonyl (C=O) groups is 10. The number of amides is 10. The number of aromatic nitrogens is 11. The molecule has 7 aromatic heterocycles. The van der Waals surface area contributed by atoms with Crippen LogP contribution in [0.5, 0.6) is 0 Å². The summed E-state index contributed by atoms with van der Waals surface area (Å²) in [5.74, 6) is -4.23. The van der Waals surface area contributed by atoms with E-state index in [-0.39, 0.29) is 115 Å². The second kappa shape index (κ2) is 26.4. The van der Waals surface area contributed by atoms with Crippen molar-refractivity contribution in [2.24, 2.45) is 49.3 Å². The number of anilines is 6. The van der Waals surface area contributed by atoms with Crippen molar-refractivity contribution in [2.75, 3.05) is 58.1 Å². The van der Waals surface area contributed by atoms with E-state index < -0.39 is 53.2 Å². The Labute approximate surface area is 468 Å². The van der Waals surface area contributed by atoms with Gasteiger partial charge in [0.05, 0.1) is 17.1 Å². The molecule has 31 nitrogen and oxygen atoms in total. The van der Waals surface area contributed by atoms with Gasteiger partial charge in [0.25, 0.3) is 41.4 Å². The highest BCUT2D eigenvalue weighted by Gasteiger charge is 2.23. The fourth-order valence-corrected chi connectivity index (χ4v) is 8.17. The molecule has 0 saturated carbocycles. The second-order valence-corrected chi connectivity index (χ2v) is 18.9. The standard InChI is InChI=1S/C51H63N21O10/c1-9-14-53-48(79)42-64-37(28-71(42)7)65-47(78)34-20-29(23-69(34)5)57-39(74)12-17-56-49(80)43-62-35(26-70(43)6)60-38(73)11-10-15-54-45(76)32-22-31(25-67(32)3)59-51(82)44-63-36(27-72(44)8)61-40(75)13-16-55-46(77)33-21-30(24-68(33)4)58-50(81)41-52-18-19-66(41)2/h18-28H,9-17H2,1-8H3,(H,53,79)(H,54,76)(H,55,77)(H,56,80)(H,57,74)(H,58,81)(H,59,82)(H,60,73)(H,61,75)(H,65,78). The van der Waals surface area contributed by atoms with Crippen molar-refractivity contribution >= 4 is 93.6 Å². The van der Waals surface area contributed by atoms with Crippen molar-refractivity contribution in [3.8, 4) is 0 Å². The van der Waals surface area contributed by atoms with Gasteiger partial charge in [-0.05, 0) is 31.0 Å². The Balaban J connectivity index is 0.776. The van der Waals surface area contributed by atoms with Gasteiger partial charge in [0.2, 0.25) is 35.2 Å². The Morgan fingerprint density at radius 1 is 0.378 bits per heavy atom. The van der Waals surface area contributed by atoms with Crippen molar-refractivity contribution in [1.82, 2.24) is 73.2 Å². The molecule has 0 bridgehead atoms. The van der Waals surface area contributed by atoms with Gasteiger partial charge < -0.3 is 85.1 Å². The first-order valence-electron chi connectivity index (χ1n) is 25.6. The molecule has 10 N–H and O–H groups in total. The molecular formula is C51H63N21O10. The molecule has 0 unspecified atom stereocenters. The van der Waals surface area contributed by atoms with Crippen LogP contribution in [-0.2, 0) is 63.7 Å². The van der Waals surface area contributed by atoms with Crippen LogP contribution in [0.15, 0.2) is 67.8 Å². The van der Waals surface area contributed by atoms with Crippen molar-refractivity contribution < 1.29 is 47.9 Å². The highest BCUT2D eigenvalue weighted by molar-refractivity contribution is 6.06. The number of rotatable bonds is 25. The third-order valence-electron chi connectivity index (χ3n) is 12.2. The van der Waals surface area contributed by atoms with Gasteiger partial charge in [-0.15, -0.1) is 0 Å². The molecular weight excluding hydrogens is 1070 g/mol. The topological polar surface area (TPSA) is 377 Å². The average Bonchev–Trinajstić information content (AvgIpc) is 4.32. The lowest BCUT2D eigenvalue weighted by Gasteiger charge is -2.06. The summed E-state index contributed by atoms with van der Waals surface area (Å²) in [7, 11) is 11.3. The van der Waals surface area contributed by atoms with Gasteiger partial charge >= 0.3 is 0 Å². The molecule has 0 spiro atoms. The molecule has 0 atom stereocenters. The van der Waals surface area contributed by atoms with Gasteiger partial charge in [-0.25, -0.2) is 19.9 Å². The minimum absolute atomic E-state index is 0.00495. The van der Waals surface area contributed by atoms with Crippen LogP contribution in [0.2, 0.25) is 0 Å². The van der Waals surface area contributed by atoms with Gasteiger partial charge in [0.1, 0.15) is 17.1 Å². The number of aryl methyl sites for hydroxylation is 7. The maximum absolute atomic E-state index is 13.2. The van der Waals surface area contributed by atoms with E-state index in [1.807, 2.05) is 6.92 Å². The molecule has 0 aliphatic heterocycles. The summed E-state index contributed by atoms with van der Waals surface area (Å²) in [6, 6.07) is 4.43. The number of imidazole rings is 4. The lowest BCUT2D eigenvalue weighted by Crippen LogP contribution is -2.29. The van der Waals surface area contributed by atoms with Gasteiger partial charge in [0, 0.05) is 144 Å². The molecule has 7 rings (SSSR count). The van der Waals surface area contributed by atoms with E-state index in [1.54, 1.807) is 72.5 Å². The van der Waals surface area contributed by atoms with E-state index in [4.69, 9.17) is 0 Å². The zero-order valence-corrected chi connectivity index (χ0v) is 46.2. The number of carbonyl (C=O) groups excluding carboxylic acids is 10. The third kappa shape index (κ3) is 15.1. The van der Waals surface area contributed by atoms with Gasteiger partial charge in [-0.2, -0.15) is 0 Å². The summed E-state index contributed by atoms with van der Waals surface area (Å²) < 4.78 is 10.4. The number of hydrogen-bond donors (Lipinski definition) is 10. The van der Waals surface area contributed by atoms with E-state index in [2.05, 4.69) is 73.1 Å². The molecule has 31 heteroatoms. The maximum Gasteiger partial charge on any atom is 0.291 e. The van der Waals surface area contributed by atoms with Crippen LogP contribution in [0.1, 0.15) is 113 Å². The summed E-state index contributed by atoms with van der Waals surface area (Å²) in [5, 5.41) is 26.8. The minimum Gasteiger partial charge on any atom is -0.351 e. The van der Waals surface area contributed by atoms with Crippen LogP contribution in [0.25, 0.3) is 0 Å². The number of hydrogen-bond acceptors (Lipinski definition) is 14. The normalized spacial score (nSPS) is 10.9. The summed E-state index contributed by atoms with van der Waals surface area (Å²) >= 11 is 0. The molecule has 0 radical (unpaired) electrons. The van der Waals surface area contributed by atoms with Crippen LogP contribution < -0.4 is 53.2 Å². The smallest absolute Gasteiger partial charge is 0.291 e. The van der Waals surface area contributed by atoms with Crippen LogP contribution in [-0.4, -0.2) is 137 Å². The Kier molecular flexibility index (Phi) is 19.0. The quantitative estimate of drug-likeness (QED) is 0.0360. The maximum atomic E-state index is 13.2. The summed E-state index contributed by atoms with van der Waals surface area (Å²) in [6.45, 7) is 2.44. The molecule has 0 saturated heterocycles. The average molecular weight is 1130 g/mol. The van der Waals surface area contributed by atoms with E-state index in [0.29, 0.717) is 17.9 Å². The van der Waals surface area contributed by atoms with Crippen molar-refractivity contribution in [2.45, 2.75) is 39.0 Å². The van der Waals surface area contributed by atoms with Gasteiger partial charge in [-0.1, -0.05) is 6.92 Å². The molecule has 0 aliphatic rings. The fraction of sp³-hybridized carbons (Fsp3) is 0.333. The van der Waals surface area contributed by atoms with E-state index in [9.17, 15) is 47.9 Å². The van der Waals surface area contributed by atoms with Gasteiger partial charge in [0.15, 0.2) is 23.3 Å². The first-order chi connectivity index (χ1) is 39.1. The number of nitrogens with zero attached hydrogens (tertiary/aromatic N) is 11. The lowest BCUT2D eigenvalue weighted by molar-refractivity contribution is -0.117. The predicted molar refractivity (Wildman–Crippen MR) is 297 cm³/mol. The second-order valence-electron chi connectivity index (χ2n) is 18.9. The van der Waals surface area contributed by atoms with Crippen molar-refractivity contribution in [3.05, 3.63) is 108 Å². The SMILES string of the molecule is CCCNC(=O)c1nc(NC(=O)c2cc(NC(=O)CCNC(=O)c3nc(NC(=O)CCCNC(=O)c4cc(NC(=O)c5nc(NC(=O)CCNC(=O)c6cc(NC(=O)c7nccn7C)cn6C)cn5C)cn4C)cn3C)cn2C)cn1C. The Morgan fingerprint density at radius 2 is 0.768 bits per heavy atom. The van der Waals surface area contributed by atoms with Crippen LogP contribution in [0, 0.1) is 0 Å². The van der Waals surface area contributed by atoms with E-state index in [0.717, 1.165) is 6.42 Å². The molecule has 82 heavy (non-hydrogen) atoms. The monoisotopic (exact) mass is 1130 g/mol. The molecule has 10 amide bonds. The van der Waals surface area contributed by atoms with Crippen molar-refractivity contribution in [3.63, 3.8) is 0 Å². The largest absolute Gasteiger partial charge is 0.351 e. The fourth-order valence-electron chi connectivity index (χ4n) is 8.17. The minimum atomic E-state index is -0.628. The molecule has 0 fully saturated rings. The lowest BCUT2D eigenvalue weighted by atomic mass is 10.3. The Morgan fingerprint density at radius 3 is 1.24 bits per heavy atom. The first-order valence-corrected chi connectivity index (χ1v) is 25.6. The van der Waals surface area contributed by atoms with Gasteiger partial charge in [-0.3, -0.25) is 47.9 Å².